The summed E-state index contributed by atoms with van der Waals surface area (Å²) >= 11 is 5.05. The fraction of sp³-hybridized carbons (Fsp3) is 0.312. The summed E-state index contributed by atoms with van der Waals surface area (Å²) in [6.07, 6.45) is 0. The molecular weight excluding hydrogens is 366 g/mol. The van der Waals surface area contributed by atoms with E-state index in [0.717, 1.165) is 4.88 Å². The van der Waals surface area contributed by atoms with E-state index < -0.39 is 0 Å². The van der Waals surface area contributed by atoms with Gasteiger partial charge in [-0.15, -0.1) is 11.3 Å². The van der Waals surface area contributed by atoms with Gasteiger partial charge in [-0.3, -0.25) is 4.79 Å². The minimum atomic E-state index is -0.0787. The molecule has 0 spiro atoms. The van der Waals surface area contributed by atoms with Crippen molar-refractivity contribution in [2.24, 2.45) is 0 Å². The molecule has 0 bridgehead atoms. The Bertz CT molecular complexity index is 632. The molecule has 1 aromatic carbocycles. The minimum absolute atomic E-state index is 0.00753. The molecule has 1 aromatic heterocycles. The fourth-order valence-corrected chi connectivity index (χ4v) is 3.47. The number of rotatable bonds is 5. The van der Waals surface area contributed by atoms with E-state index in [0.29, 0.717) is 21.5 Å². The number of methoxy groups -OCH3 is 2. The molecule has 1 atom stereocenters. The number of halogens is 1. The summed E-state index contributed by atoms with van der Waals surface area (Å²) in [4.78, 5) is 15.6. The molecule has 118 valence electrons. The lowest BCUT2D eigenvalue weighted by atomic mass is 10.1. The molecule has 2 aromatic rings. The van der Waals surface area contributed by atoms with E-state index in [1.165, 1.54) is 0 Å². The molecule has 0 saturated carbocycles. The van der Waals surface area contributed by atoms with Gasteiger partial charge in [0.15, 0.2) is 0 Å². The average molecular weight is 384 g/mol. The highest BCUT2D eigenvalue weighted by molar-refractivity contribution is 9.10. The SMILES string of the molecule is COc1cc(C(=O)N(C)C(C)c2cccs2)cc(OC)c1Br. The third-order valence-corrected chi connectivity index (χ3v) is 5.37. The topological polar surface area (TPSA) is 38.8 Å². The van der Waals surface area contributed by atoms with Crippen LogP contribution < -0.4 is 9.47 Å². The van der Waals surface area contributed by atoms with Crippen LogP contribution in [0.2, 0.25) is 0 Å². The summed E-state index contributed by atoms with van der Waals surface area (Å²) in [6, 6.07) is 7.45. The van der Waals surface area contributed by atoms with Crippen LogP contribution >= 0.6 is 27.3 Å². The number of hydrogen-bond donors (Lipinski definition) is 0. The highest BCUT2D eigenvalue weighted by Crippen LogP contribution is 2.36. The zero-order valence-electron chi connectivity index (χ0n) is 12.9. The van der Waals surface area contributed by atoms with Crippen LogP contribution in [0.1, 0.15) is 28.2 Å². The average Bonchev–Trinajstić information content (AvgIpc) is 3.07. The van der Waals surface area contributed by atoms with Crippen molar-refractivity contribution in [1.29, 1.82) is 0 Å². The van der Waals surface area contributed by atoms with Crippen LogP contribution in [0, 0.1) is 0 Å². The number of ether oxygens (including phenoxy) is 2. The molecule has 0 saturated heterocycles. The number of amides is 1. The molecule has 1 amide bonds. The van der Waals surface area contributed by atoms with E-state index in [4.69, 9.17) is 9.47 Å². The second kappa shape index (κ2) is 7.15. The Morgan fingerprint density at radius 1 is 1.27 bits per heavy atom. The molecule has 1 unspecified atom stereocenters. The molecule has 0 fully saturated rings. The quantitative estimate of drug-likeness (QED) is 0.769. The Hall–Kier alpha value is -1.53. The van der Waals surface area contributed by atoms with E-state index in [-0.39, 0.29) is 11.9 Å². The number of hydrogen-bond acceptors (Lipinski definition) is 4. The number of benzene rings is 1. The Labute approximate surface area is 142 Å². The maximum absolute atomic E-state index is 12.7. The first-order valence-electron chi connectivity index (χ1n) is 6.71. The van der Waals surface area contributed by atoms with Crippen molar-refractivity contribution in [3.05, 3.63) is 44.6 Å². The molecule has 0 aliphatic carbocycles. The Kier molecular flexibility index (Phi) is 5.47. The first kappa shape index (κ1) is 16.8. The summed E-state index contributed by atoms with van der Waals surface area (Å²) in [7, 11) is 4.92. The third kappa shape index (κ3) is 3.28. The number of carbonyl (C=O) groups is 1. The van der Waals surface area contributed by atoms with Crippen molar-refractivity contribution in [1.82, 2.24) is 4.90 Å². The standard InChI is InChI=1S/C16H18BrNO3S/c1-10(14-6-5-7-22-14)18(2)16(19)11-8-12(20-3)15(17)13(9-11)21-4/h5-10H,1-4H3. The largest absolute Gasteiger partial charge is 0.495 e. The van der Waals surface area contributed by atoms with Gasteiger partial charge in [0.05, 0.1) is 20.3 Å². The van der Waals surface area contributed by atoms with Crippen molar-refractivity contribution < 1.29 is 14.3 Å². The molecule has 0 aliphatic heterocycles. The lowest BCUT2D eigenvalue weighted by Crippen LogP contribution is -2.29. The van der Waals surface area contributed by atoms with Crippen LogP contribution in [0.4, 0.5) is 0 Å². The lowest BCUT2D eigenvalue weighted by molar-refractivity contribution is 0.0744. The van der Waals surface area contributed by atoms with Gasteiger partial charge in [0.25, 0.3) is 5.91 Å². The molecule has 2 rings (SSSR count). The van der Waals surface area contributed by atoms with Gasteiger partial charge >= 0.3 is 0 Å². The van der Waals surface area contributed by atoms with Crippen molar-refractivity contribution in [2.45, 2.75) is 13.0 Å². The van der Waals surface area contributed by atoms with Crippen molar-refractivity contribution >= 4 is 33.2 Å². The Morgan fingerprint density at radius 3 is 2.32 bits per heavy atom. The maximum atomic E-state index is 12.7. The molecule has 22 heavy (non-hydrogen) atoms. The molecule has 0 N–H and O–H groups in total. The first-order valence-corrected chi connectivity index (χ1v) is 8.39. The summed E-state index contributed by atoms with van der Waals surface area (Å²) in [5.74, 6) is 1.06. The molecular formula is C16H18BrNO3S. The summed E-state index contributed by atoms with van der Waals surface area (Å²) < 4.78 is 11.3. The van der Waals surface area contributed by atoms with Crippen LogP contribution in [0.15, 0.2) is 34.1 Å². The Morgan fingerprint density at radius 2 is 1.86 bits per heavy atom. The van der Waals surface area contributed by atoms with E-state index in [2.05, 4.69) is 15.9 Å². The highest BCUT2D eigenvalue weighted by Gasteiger charge is 2.22. The first-order chi connectivity index (χ1) is 10.5. The number of thiophene rings is 1. The van der Waals surface area contributed by atoms with Crippen LogP contribution in [-0.4, -0.2) is 32.1 Å². The second-order valence-corrected chi connectivity index (χ2v) is 6.57. The minimum Gasteiger partial charge on any atom is -0.495 e. The monoisotopic (exact) mass is 383 g/mol. The second-order valence-electron chi connectivity index (χ2n) is 4.80. The molecule has 1 heterocycles. The molecule has 0 radical (unpaired) electrons. The van der Waals surface area contributed by atoms with Crippen molar-refractivity contribution in [3.8, 4) is 11.5 Å². The van der Waals surface area contributed by atoms with Crippen LogP contribution in [-0.2, 0) is 0 Å². The van der Waals surface area contributed by atoms with Gasteiger partial charge in [0.1, 0.15) is 16.0 Å². The zero-order chi connectivity index (χ0) is 16.3. The number of nitrogens with zero attached hydrogens (tertiary/aromatic N) is 1. The zero-order valence-corrected chi connectivity index (χ0v) is 15.3. The lowest BCUT2D eigenvalue weighted by Gasteiger charge is -2.24. The van der Waals surface area contributed by atoms with E-state index in [1.807, 2.05) is 24.4 Å². The van der Waals surface area contributed by atoms with Gasteiger partial charge in [0.2, 0.25) is 0 Å². The van der Waals surface area contributed by atoms with Gasteiger partial charge in [-0.05, 0) is 46.4 Å². The smallest absolute Gasteiger partial charge is 0.254 e. The van der Waals surface area contributed by atoms with Gasteiger partial charge in [-0.2, -0.15) is 0 Å². The van der Waals surface area contributed by atoms with Crippen LogP contribution in [0.3, 0.4) is 0 Å². The molecule has 4 nitrogen and oxygen atoms in total. The van der Waals surface area contributed by atoms with Crippen molar-refractivity contribution in [3.63, 3.8) is 0 Å². The van der Waals surface area contributed by atoms with Crippen molar-refractivity contribution in [2.75, 3.05) is 21.3 Å². The molecule has 6 heteroatoms. The predicted octanol–water partition coefficient (Wildman–Crippen LogP) is 4.36. The molecule has 0 aliphatic rings. The van der Waals surface area contributed by atoms with Gasteiger partial charge < -0.3 is 14.4 Å². The van der Waals surface area contributed by atoms with Gasteiger partial charge in [-0.25, -0.2) is 0 Å². The third-order valence-electron chi connectivity index (χ3n) is 3.55. The summed E-state index contributed by atoms with van der Waals surface area (Å²) in [6.45, 7) is 2.01. The normalized spacial score (nSPS) is 11.9. The maximum Gasteiger partial charge on any atom is 0.254 e. The predicted molar refractivity (Wildman–Crippen MR) is 92.1 cm³/mol. The van der Waals surface area contributed by atoms with E-state index in [1.54, 1.807) is 49.6 Å². The number of carbonyl (C=O) groups excluding carboxylic acids is 1. The fourth-order valence-electron chi connectivity index (χ4n) is 2.09. The van der Waals surface area contributed by atoms with Crippen LogP contribution in [0.5, 0.6) is 11.5 Å². The summed E-state index contributed by atoms with van der Waals surface area (Å²) in [5.41, 5.74) is 0.530. The van der Waals surface area contributed by atoms with E-state index in [9.17, 15) is 4.79 Å². The van der Waals surface area contributed by atoms with Gasteiger partial charge in [-0.1, -0.05) is 6.07 Å². The highest BCUT2D eigenvalue weighted by atomic mass is 79.9. The Balaban J connectivity index is 2.32. The van der Waals surface area contributed by atoms with Crippen LogP contribution in [0.25, 0.3) is 0 Å². The van der Waals surface area contributed by atoms with Gasteiger partial charge in [0, 0.05) is 17.5 Å². The summed E-state index contributed by atoms with van der Waals surface area (Å²) in [5, 5.41) is 2.01. The van der Waals surface area contributed by atoms with E-state index >= 15 is 0 Å².